The van der Waals surface area contributed by atoms with Crippen LogP contribution in [0.5, 0.6) is 5.75 Å². The molecular formula is C17H13ClN4O. The van der Waals surface area contributed by atoms with E-state index in [1.807, 2.05) is 54.6 Å². The van der Waals surface area contributed by atoms with E-state index >= 15 is 0 Å². The van der Waals surface area contributed by atoms with Gasteiger partial charge < -0.3 is 4.74 Å². The van der Waals surface area contributed by atoms with Gasteiger partial charge in [0.05, 0.1) is 6.61 Å². The van der Waals surface area contributed by atoms with Gasteiger partial charge in [-0.05, 0) is 29.8 Å². The summed E-state index contributed by atoms with van der Waals surface area (Å²) in [5.74, 6) is 0.719. The Bertz CT molecular complexity index is 854. The number of H-pyrrole nitrogens is 1. The highest BCUT2D eigenvalue weighted by Gasteiger charge is 2.10. The summed E-state index contributed by atoms with van der Waals surface area (Å²) < 4.78 is 5.78. The van der Waals surface area contributed by atoms with Gasteiger partial charge in [-0.1, -0.05) is 35.9 Å². The quantitative estimate of drug-likeness (QED) is 0.777. The molecule has 0 spiro atoms. The fraction of sp³-hybridized carbons (Fsp3) is 0.118. The molecule has 6 heteroatoms. The second-order valence-corrected chi connectivity index (χ2v) is 5.33. The van der Waals surface area contributed by atoms with E-state index in [0.29, 0.717) is 12.3 Å². The number of ether oxygens (including phenoxy) is 1. The Kier molecular flexibility index (Phi) is 4.55. The fourth-order valence-corrected chi connectivity index (χ4v) is 2.44. The van der Waals surface area contributed by atoms with Crippen LogP contribution < -0.4 is 4.74 Å². The van der Waals surface area contributed by atoms with Gasteiger partial charge in [-0.25, -0.2) is 0 Å². The average molecular weight is 325 g/mol. The molecule has 0 aliphatic rings. The Balaban J connectivity index is 1.68. The van der Waals surface area contributed by atoms with E-state index in [0.717, 1.165) is 28.3 Å². The van der Waals surface area contributed by atoms with Crippen molar-refractivity contribution in [3.05, 3.63) is 64.8 Å². The zero-order valence-corrected chi connectivity index (χ0v) is 12.9. The lowest BCUT2D eigenvalue weighted by atomic mass is 10.1. The minimum atomic E-state index is 0.265. The molecule has 0 fully saturated rings. The molecule has 0 aliphatic heterocycles. The highest BCUT2D eigenvalue weighted by molar-refractivity contribution is 6.30. The van der Waals surface area contributed by atoms with Crippen LogP contribution in [0, 0.1) is 11.3 Å². The van der Waals surface area contributed by atoms with Gasteiger partial charge in [0, 0.05) is 17.0 Å². The number of nitrogens with one attached hydrogen (secondary N) is 1. The van der Waals surface area contributed by atoms with Crippen LogP contribution in [0.2, 0.25) is 5.02 Å². The summed E-state index contributed by atoms with van der Waals surface area (Å²) in [5.41, 5.74) is 2.70. The number of halogens is 1. The number of hydrogen-bond donors (Lipinski definition) is 1. The van der Waals surface area contributed by atoms with Crippen molar-refractivity contribution in [2.75, 3.05) is 6.61 Å². The highest BCUT2D eigenvalue weighted by Crippen LogP contribution is 2.24. The number of aromatic amines is 1. The van der Waals surface area contributed by atoms with E-state index in [-0.39, 0.29) is 5.69 Å². The molecule has 0 amide bonds. The van der Waals surface area contributed by atoms with Gasteiger partial charge in [0.1, 0.15) is 17.5 Å². The van der Waals surface area contributed by atoms with Crippen molar-refractivity contribution in [3.8, 4) is 23.1 Å². The molecule has 5 nitrogen and oxygen atoms in total. The largest absolute Gasteiger partial charge is 0.493 e. The molecule has 3 rings (SSSR count). The molecule has 0 bridgehead atoms. The summed E-state index contributed by atoms with van der Waals surface area (Å²) in [7, 11) is 0. The van der Waals surface area contributed by atoms with E-state index in [9.17, 15) is 0 Å². The molecule has 1 heterocycles. The van der Waals surface area contributed by atoms with Gasteiger partial charge in [-0.2, -0.15) is 15.6 Å². The molecule has 114 valence electrons. The Morgan fingerprint density at radius 2 is 2.00 bits per heavy atom. The summed E-state index contributed by atoms with van der Waals surface area (Å²) in [6.07, 6.45) is 0.762. The van der Waals surface area contributed by atoms with Gasteiger partial charge >= 0.3 is 0 Å². The number of aromatic nitrogens is 3. The third kappa shape index (κ3) is 3.68. The van der Waals surface area contributed by atoms with E-state index in [4.69, 9.17) is 21.6 Å². The lowest BCUT2D eigenvalue weighted by Gasteiger charge is -2.07. The minimum absolute atomic E-state index is 0.265. The number of hydrogen-bond acceptors (Lipinski definition) is 4. The van der Waals surface area contributed by atoms with Gasteiger partial charge in [0.25, 0.3) is 0 Å². The second-order valence-electron chi connectivity index (χ2n) is 4.89. The third-order valence-corrected chi connectivity index (χ3v) is 3.54. The van der Waals surface area contributed by atoms with Crippen LogP contribution in [-0.2, 0) is 6.42 Å². The van der Waals surface area contributed by atoms with Crippen LogP contribution in [0.3, 0.4) is 0 Å². The van der Waals surface area contributed by atoms with Crippen LogP contribution in [-0.4, -0.2) is 22.0 Å². The van der Waals surface area contributed by atoms with Crippen molar-refractivity contribution in [1.82, 2.24) is 15.4 Å². The van der Waals surface area contributed by atoms with Crippen molar-refractivity contribution in [2.45, 2.75) is 6.42 Å². The van der Waals surface area contributed by atoms with Crippen molar-refractivity contribution in [1.29, 1.82) is 5.26 Å². The lowest BCUT2D eigenvalue weighted by molar-refractivity contribution is 0.322. The molecule has 0 saturated carbocycles. The zero-order chi connectivity index (χ0) is 16.1. The fourth-order valence-electron chi connectivity index (χ4n) is 2.22. The van der Waals surface area contributed by atoms with Crippen molar-refractivity contribution in [2.24, 2.45) is 0 Å². The summed E-state index contributed by atoms with van der Waals surface area (Å²) in [6, 6.07) is 17.2. The van der Waals surface area contributed by atoms with Crippen LogP contribution in [0.1, 0.15) is 11.3 Å². The molecule has 0 saturated heterocycles. The SMILES string of the molecule is N#Cc1n[nH]nc1-c1cccc(OCCc2cccc(Cl)c2)c1. The summed E-state index contributed by atoms with van der Waals surface area (Å²) in [6.45, 7) is 0.535. The summed E-state index contributed by atoms with van der Waals surface area (Å²) in [4.78, 5) is 0. The first-order valence-corrected chi connectivity index (χ1v) is 7.42. The van der Waals surface area contributed by atoms with Gasteiger partial charge in [0.2, 0.25) is 0 Å². The normalized spacial score (nSPS) is 10.3. The molecule has 0 radical (unpaired) electrons. The van der Waals surface area contributed by atoms with Gasteiger partial charge in [-0.3, -0.25) is 0 Å². The summed E-state index contributed by atoms with van der Waals surface area (Å²) >= 11 is 5.96. The number of rotatable bonds is 5. The van der Waals surface area contributed by atoms with Crippen LogP contribution in [0.25, 0.3) is 11.3 Å². The molecule has 0 unspecified atom stereocenters. The zero-order valence-electron chi connectivity index (χ0n) is 12.2. The third-order valence-electron chi connectivity index (χ3n) is 3.31. The standard InChI is InChI=1S/C17H13ClN4O/c18-14-5-1-3-12(9-14)7-8-23-15-6-2-4-13(10-15)17-16(11-19)20-22-21-17/h1-6,9-10H,7-8H2,(H,20,21,22). The Morgan fingerprint density at radius 1 is 1.13 bits per heavy atom. The topological polar surface area (TPSA) is 74.6 Å². The van der Waals surface area contributed by atoms with Crippen molar-refractivity contribution < 1.29 is 4.74 Å². The smallest absolute Gasteiger partial charge is 0.190 e. The number of nitrogens with zero attached hydrogens (tertiary/aromatic N) is 3. The minimum Gasteiger partial charge on any atom is -0.493 e. The van der Waals surface area contributed by atoms with E-state index in [1.165, 1.54) is 0 Å². The molecule has 23 heavy (non-hydrogen) atoms. The molecule has 2 aromatic carbocycles. The molecular weight excluding hydrogens is 312 g/mol. The predicted octanol–water partition coefficient (Wildman–Crippen LogP) is 3.62. The molecule has 0 aliphatic carbocycles. The van der Waals surface area contributed by atoms with E-state index in [2.05, 4.69) is 15.4 Å². The Hall–Kier alpha value is -2.84. The van der Waals surface area contributed by atoms with Gasteiger partial charge in [-0.15, -0.1) is 5.10 Å². The second kappa shape index (κ2) is 6.95. The lowest BCUT2D eigenvalue weighted by Crippen LogP contribution is -2.01. The maximum absolute atomic E-state index is 9.01. The van der Waals surface area contributed by atoms with Gasteiger partial charge in [0.15, 0.2) is 5.69 Å². The maximum atomic E-state index is 9.01. The van der Waals surface area contributed by atoms with E-state index < -0.39 is 0 Å². The Labute approximate surface area is 138 Å². The maximum Gasteiger partial charge on any atom is 0.190 e. The first kappa shape index (κ1) is 15.1. The van der Waals surface area contributed by atoms with Crippen LogP contribution >= 0.6 is 11.6 Å². The Morgan fingerprint density at radius 3 is 2.83 bits per heavy atom. The molecule has 1 aromatic heterocycles. The van der Waals surface area contributed by atoms with E-state index in [1.54, 1.807) is 0 Å². The monoisotopic (exact) mass is 324 g/mol. The molecule has 1 N–H and O–H groups in total. The first-order valence-electron chi connectivity index (χ1n) is 7.05. The molecule has 3 aromatic rings. The average Bonchev–Trinajstić information content (AvgIpc) is 3.04. The highest BCUT2D eigenvalue weighted by atomic mass is 35.5. The number of nitriles is 1. The van der Waals surface area contributed by atoms with Crippen molar-refractivity contribution in [3.63, 3.8) is 0 Å². The van der Waals surface area contributed by atoms with Crippen molar-refractivity contribution >= 4 is 11.6 Å². The summed E-state index contributed by atoms with van der Waals surface area (Å²) in [5, 5.41) is 20.0. The van der Waals surface area contributed by atoms with Crippen LogP contribution in [0.15, 0.2) is 48.5 Å². The molecule has 0 atom stereocenters. The van der Waals surface area contributed by atoms with Crippen LogP contribution in [0.4, 0.5) is 0 Å². The number of benzene rings is 2. The first-order chi connectivity index (χ1) is 11.3. The predicted molar refractivity (Wildman–Crippen MR) is 87.2 cm³/mol.